The summed E-state index contributed by atoms with van der Waals surface area (Å²) in [4.78, 5) is 0. The van der Waals surface area contributed by atoms with E-state index in [1.807, 2.05) is 31.2 Å². The molecule has 0 unspecified atom stereocenters. The van der Waals surface area contributed by atoms with Crippen LogP contribution in [0.1, 0.15) is 17.7 Å². The number of nitrogens with zero attached hydrogens (tertiary/aromatic N) is 2. The summed E-state index contributed by atoms with van der Waals surface area (Å²) in [5, 5.41) is 8.69. The molecule has 0 aliphatic rings. The van der Waals surface area contributed by atoms with E-state index < -0.39 is 0 Å². The molecule has 0 saturated heterocycles. The van der Waals surface area contributed by atoms with Gasteiger partial charge in [0, 0.05) is 10.8 Å². The van der Waals surface area contributed by atoms with Crippen molar-refractivity contribution in [3.8, 4) is 17.2 Å². The number of rotatable bonds is 5. The van der Waals surface area contributed by atoms with Gasteiger partial charge >= 0.3 is 0 Å². The van der Waals surface area contributed by atoms with Crippen LogP contribution in [0.5, 0.6) is 5.75 Å². The van der Waals surface area contributed by atoms with Crippen molar-refractivity contribution in [2.75, 3.05) is 7.11 Å². The van der Waals surface area contributed by atoms with Crippen molar-refractivity contribution in [3.05, 3.63) is 59.9 Å². The van der Waals surface area contributed by atoms with Crippen LogP contribution in [-0.4, -0.2) is 17.3 Å². The summed E-state index contributed by atoms with van der Waals surface area (Å²) in [7, 11) is 1.62. The normalized spacial score (nSPS) is 12.1. The fourth-order valence-electron chi connectivity index (χ4n) is 2.06. The van der Waals surface area contributed by atoms with Gasteiger partial charge in [-0.05, 0) is 48.9 Å². The van der Waals surface area contributed by atoms with Crippen LogP contribution in [0.3, 0.4) is 0 Å². The van der Waals surface area contributed by atoms with E-state index >= 15 is 0 Å². The number of methoxy groups -OCH3 is 1. The van der Waals surface area contributed by atoms with Gasteiger partial charge in [0.2, 0.25) is 5.89 Å². The molecule has 0 aliphatic heterocycles. The highest BCUT2D eigenvalue weighted by atomic mass is 32.2. The average molecular weight is 330 g/mol. The van der Waals surface area contributed by atoms with Crippen molar-refractivity contribution in [2.24, 2.45) is 0 Å². The van der Waals surface area contributed by atoms with E-state index in [0.29, 0.717) is 11.1 Å². The Morgan fingerprint density at radius 3 is 2.39 bits per heavy atom. The first kappa shape index (κ1) is 15.6. The SMILES string of the molecule is COc1ccc(-c2nnc(S[C@@H](C)c3ccc(F)cc3)o2)cc1. The van der Waals surface area contributed by atoms with Crippen LogP contribution in [0.2, 0.25) is 0 Å². The number of ether oxygens (including phenoxy) is 1. The first-order chi connectivity index (χ1) is 11.2. The smallest absolute Gasteiger partial charge is 0.277 e. The van der Waals surface area contributed by atoms with E-state index in [9.17, 15) is 4.39 Å². The monoisotopic (exact) mass is 330 g/mol. The number of hydrogen-bond acceptors (Lipinski definition) is 5. The van der Waals surface area contributed by atoms with E-state index in [1.54, 1.807) is 19.2 Å². The molecule has 1 heterocycles. The molecule has 3 aromatic rings. The van der Waals surface area contributed by atoms with Gasteiger partial charge in [-0.3, -0.25) is 0 Å². The molecule has 0 bridgehead atoms. The zero-order valence-electron chi connectivity index (χ0n) is 12.7. The number of benzene rings is 2. The minimum absolute atomic E-state index is 0.0831. The quantitative estimate of drug-likeness (QED) is 0.633. The lowest BCUT2D eigenvalue weighted by atomic mass is 10.2. The van der Waals surface area contributed by atoms with E-state index in [1.165, 1.54) is 23.9 Å². The highest BCUT2D eigenvalue weighted by Crippen LogP contribution is 2.35. The molecule has 4 nitrogen and oxygen atoms in total. The number of thioether (sulfide) groups is 1. The van der Waals surface area contributed by atoms with Gasteiger partial charge in [0.25, 0.3) is 5.22 Å². The van der Waals surface area contributed by atoms with Gasteiger partial charge in [0.15, 0.2) is 0 Å². The van der Waals surface area contributed by atoms with E-state index in [0.717, 1.165) is 16.9 Å². The molecular formula is C17H15FN2O2S. The van der Waals surface area contributed by atoms with E-state index in [-0.39, 0.29) is 11.1 Å². The molecule has 0 aliphatic carbocycles. The summed E-state index contributed by atoms with van der Waals surface area (Å²) in [5.41, 5.74) is 1.83. The van der Waals surface area contributed by atoms with Crippen molar-refractivity contribution in [3.63, 3.8) is 0 Å². The van der Waals surface area contributed by atoms with Crippen molar-refractivity contribution in [1.29, 1.82) is 0 Å². The molecule has 2 aromatic carbocycles. The standard InChI is InChI=1S/C17H15FN2O2S/c1-11(12-3-7-14(18)8-4-12)23-17-20-19-16(22-17)13-5-9-15(21-2)10-6-13/h3-11H,1-2H3/t11-/m0/s1. The second-order valence-corrected chi connectivity index (χ2v) is 6.21. The first-order valence-electron chi connectivity index (χ1n) is 7.06. The van der Waals surface area contributed by atoms with Crippen molar-refractivity contribution >= 4 is 11.8 Å². The van der Waals surface area contributed by atoms with Gasteiger partial charge in [0.05, 0.1) is 7.11 Å². The lowest BCUT2D eigenvalue weighted by Crippen LogP contribution is -1.88. The highest BCUT2D eigenvalue weighted by molar-refractivity contribution is 7.99. The fraction of sp³-hybridized carbons (Fsp3) is 0.176. The van der Waals surface area contributed by atoms with Gasteiger partial charge in [0.1, 0.15) is 11.6 Å². The lowest BCUT2D eigenvalue weighted by Gasteiger charge is -2.08. The summed E-state index contributed by atoms with van der Waals surface area (Å²) in [6, 6.07) is 13.8. The van der Waals surface area contributed by atoms with Crippen molar-refractivity contribution in [2.45, 2.75) is 17.4 Å². The first-order valence-corrected chi connectivity index (χ1v) is 7.94. The third-order valence-electron chi connectivity index (χ3n) is 3.36. The Hall–Kier alpha value is -2.34. The molecule has 3 rings (SSSR count). The van der Waals surface area contributed by atoms with Gasteiger partial charge in [-0.15, -0.1) is 10.2 Å². The van der Waals surface area contributed by atoms with Crippen LogP contribution in [-0.2, 0) is 0 Å². The Morgan fingerprint density at radius 2 is 1.74 bits per heavy atom. The maximum atomic E-state index is 13.0. The summed E-state index contributed by atoms with van der Waals surface area (Å²) in [6.07, 6.45) is 0. The molecule has 23 heavy (non-hydrogen) atoms. The fourth-order valence-corrected chi connectivity index (χ4v) is 2.87. The molecule has 0 spiro atoms. The van der Waals surface area contributed by atoms with Gasteiger partial charge in [-0.2, -0.15) is 0 Å². The summed E-state index contributed by atoms with van der Waals surface area (Å²) < 4.78 is 23.8. The van der Waals surface area contributed by atoms with Crippen LogP contribution in [0, 0.1) is 5.82 Å². The Kier molecular flexibility index (Phi) is 4.62. The molecule has 0 fully saturated rings. The van der Waals surface area contributed by atoms with Crippen LogP contribution in [0.15, 0.2) is 58.2 Å². The zero-order chi connectivity index (χ0) is 16.2. The summed E-state index contributed by atoms with van der Waals surface area (Å²) in [5.74, 6) is 0.986. The maximum Gasteiger partial charge on any atom is 0.277 e. The predicted molar refractivity (Wildman–Crippen MR) is 87.0 cm³/mol. The van der Waals surface area contributed by atoms with E-state index in [2.05, 4.69) is 10.2 Å². The second-order valence-electron chi connectivity index (χ2n) is 4.91. The van der Waals surface area contributed by atoms with Crippen molar-refractivity contribution in [1.82, 2.24) is 10.2 Å². The molecule has 0 N–H and O–H groups in total. The topological polar surface area (TPSA) is 48.2 Å². The molecule has 0 amide bonds. The van der Waals surface area contributed by atoms with Crippen molar-refractivity contribution < 1.29 is 13.5 Å². The Labute approximate surface area is 137 Å². The summed E-state index contributed by atoms with van der Waals surface area (Å²) in [6.45, 7) is 2.01. The minimum atomic E-state index is -0.245. The lowest BCUT2D eigenvalue weighted by molar-refractivity contribution is 0.414. The van der Waals surface area contributed by atoms with Crippen LogP contribution >= 0.6 is 11.8 Å². The molecule has 0 saturated carbocycles. The number of hydrogen-bond donors (Lipinski definition) is 0. The van der Waals surface area contributed by atoms with Gasteiger partial charge < -0.3 is 9.15 Å². The molecule has 118 valence electrons. The Balaban J connectivity index is 1.72. The summed E-state index contributed by atoms with van der Waals surface area (Å²) >= 11 is 1.44. The van der Waals surface area contributed by atoms with E-state index in [4.69, 9.17) is 9.15 Å². The van der Waals surface area contributed by atoms with Gasteiger partial charge in [-0.1, -0.05) is 23.9 Å². The van der Waals surface area contributed by atoms with Crippen LogP contribution in [0.4, 0.5) is 4.39 Å². The second kappa shape index (κ2) is 6.83. The minimum Gasteiger partial charge on any atom is -0.497 e. The average Bonchev–Trinajstić information content (AvgIpc) is 3.04. The molecule has 1 aromatic heterocycles. The Bertz CT molecular complexity index is 772. The zero-order valence-corrected chi connectivity index (χ0v) is 13.5. The van der Waals surface area contributed by atoms with Crippen LogP contribution < -0.4 is 4.74 Å². The maximum absolute atomic E-state index is 13.0. The largest absolute Gasteiger partial charge is 0.497 e. The highest BCUT2D eigenvalue weighted by Gasteiger charge is 2.14. The molecule has 0 radical (unpaired) electrons. The number of aromatic nitrogens is 2. The predicted octanol–water partition coefficient (Wildman–Crippen LogP) is 4.74. The van der Waals surface area contributed by atoms with Gasteiger partial charge in [-0.25, -0.2) is 4.39 Å². The molecule has 1 atom stereocenters. The van der Waals surface area contributed by atoms with Crippen LogP contribution in [0.25, 0.3) is 11.5 Å². The third kappa shape index (κ3) is 3.71. The Morgan fingerprint density at radius 1 is 1.04 bits per heavy atom. The molecular weight excluding hydrogens is 315 g/mol. The number of halogens is 1. The molecule has 6 heteroatoms. The third-order valence-corrected chi connectivity index (χ3v) is 4.35.